The summed E-state index contributed by atoms with van der Waals surface area (Å²) in [4.78, 5) is 35.7. The fourth-order valence-corrected chi connectivity index (χ4v) is 4.53. The van der Waals surface area contributed by atoms with Crippen LogP contribution < -0.4 is 14.5 Å². The number of anilines is 2. The summed E-state index contributed by atoms with van der Waals surface area (Å²) in [5.41, 5.74) is 0.144. The number of aromatic nitrogens is 2. The molecule has 2 aromatic heterocycles. The topological polar surface area (TPSA) is 95.9 Å². The molecule has 3 rings (SSSR count). The number of nitrogens with zero attached hydrogens (tertiary/aromatic N) is 4. The Labute approximate surface area is 202 Å². The third-order valence-corrected chi connectivity index (χ3v) is 6.32. The smallest absolute Gasteiger partial charge is 0.348 e. The van der Waals surface area contributed by atoms with Gasteiger partial charge in [-0.3, -0.25) is 4.79 Å². The van der Waals surface area contributed by atoms with Crippen molar-refractivity contribution in [2.45, 2.75) is 58.6 Å². The summed E-state index contributed by atoms with van der Waals surface area (Å²) in [6.07, 6.45) is 4.06. The fourth-order valence-electron chi connectivity index (χ4n) is 3.68. The summed E-state index contributed by atoms with van der Waals surface area (Å²) in [5, 5.41) is 9.69. The summed E-state index contributed by atoms with van der Waals surface area (Å²) in [7, 11) is 3.37. The molecule has 1 aliphatic rings. The lowest BCUT2D eigenvalue weighted by molar-refractivity contribution is -0.108. The van der Waals surface area contributed by atoms with Gasteiger partial charge in [-0.2, -0.15) is 4.98 Å². The van der Waals surface area contributed by atoms with E-state index in [0.29, 0.717) is 42.7 Å². The van der Waals surface area contributed by atoms with Gasteiger partial charge in [0.2, 0.25) is 6.41 Å². The second kappa shape index (κ2) is 10.4. The Morgan fingerprint density at radius 1 is 1.29 bits per heavy atom. The zero-order valence-electron chi connectivity index (χ0n) is 20.0. The number of hydrogen-bond donors (Lipinski definition) is 1. The number of halogens is 1. The van der Waals surface area contributed by atoms with Crippen LogP contribution in [0.4, 0.5) is 15.9 Å². The van der Waals surface area contributed by atoms with Crippen LogP contribution in [-0.2, 0) is 4.79 Å². The number of carbonyl (C=O) groups excluding carboxylic acids is 1. The van der Waals surface area contributed by atoms with E-state index in [1.54, 1.807) is 25.1 Å². The predicted molar refractivity (Wildman–Crippen MR) is 129 cm³/mol. The summed E-state index contributed by atoms with van der Waals surface area (Å²) in [5.74, 6) is 4.67. The normalized spacial score (nSPS) is 17.9. The largest absolute Gasteiger partial charge is 0.477 e. The zero-order valence-corrected chi connectivity index (χ0v) is 20.8. The van der Waals surface area contributed by atoms with Crippen LogP contribution in [0.2, 0.25) is 0 Å². The third-order valence-electron chi connectivity index (χ3n) is 5.30. The van der Waals surface area contributed by atoms with E-state index >= 15 is 0 Å². The van der Waals surface area contributed by atoms with E-state index in [9.17, 15) is 19.1 Å². The van der Waals surface area contributed by atoms with Crippen molar-refractivity contribution in [1.82, 2.24) is 9.97 Å². The second-order valence-electron chi connectivity index (χ2n) is 9.41. The van der Waals surface area contributed by atoms with Gasteiger partial charge in [0.25, 0.3) is 0 Å². The fraction of sp³-hybridized carbons (Fsp3) is 0.500. The van der Waals surface area contributed by atoms with Crippen molar-refractivity contribution in [3.05, 3.63) is 27.8 Å². The van der Waals surface area contributed by atoms with Crippen molar-refractivity contribution < 1.29 is 23.8 Å². The number of carbonyl (C=O) groups is 2. The van der Waals surface area contributed by atoms with Crippen LogP contribution in [0.5, 0.6) is 6.01 Å². The number of ether oxygens (including phenoxy) is 1. The van der Waals surface area contributed by atoms with E-state index in [-0.39, 0.29) is 34.3 Å². The maximum Gasteiger partial charge on any atom is 0.348 e. The Balaban J connectivity index is 1.72. The molecule has 0 saturated heterocycles. The monoisotopic (exact) mass is 488 g/mol. The molecule has 182 valence electrons. The molecule has 1 aliphatic carbocycles. The standard InChI is InChI=1S/C24H29FN4O4S/c1-24(2,3)11-10-17-12-19(20(34-17)22(31)32)29(14-30)15-6-8-16(9-7-15)33-23-26-13-18(25)21(27-23)28(4)5/h12-16H,6-9H2,1-5H3,(H,31,32). The molecule has 34 heavy (non-hydrogen) atoms. The minimum atomic E-state index is -1.09. The van der Waals surface area contributed by atoms with E-state index in [1.807, 2.05) is 20.8 Å². The molecule has 0 atom stereocenters. The van der Waals surface area contributed by atoms with Crippen molar-refractivity contribution in [2.75, 3.05) is 23.9 Å². The lowest BCUT2D eigenvalue weighted by atomic mass is 9.91. The molecule has 0 unspecified atom stereocenters. The highest BCUT2D eigenvalue weighted by Crippen LogP contribution is 2.35. The van der Waals surface area contributed by atoms with Gasteiger partial charge in [0.05, 0.1) is 16.8 Å². The number of amides is 1. The number of carboxylic acid groups (broad SMARTS) is 1. The maximum absolute atomic E-state index is 13.8. The van der Waals surface area contributed by atoms with Gasteiger partial charge in [-0.05, 0) is 52.5 Å². The van der Waals surface area contributed by atoms with Crippen LogP contribution in [0, 0.1) is 23.1 Å². The first-order valence-corrected chi connectivity index (χ1v) is 11.8. The molecule has 0 radical (unpaired) electrons. The average Bonchev–Trinajstić information content (AvgIpc) is 3.19. The number of aromatic carboxylic acids is 1. The highest BCUT2D eigenvalue weighted by molar-refractivity contribution is 7.15. The molecule has 0 aliphatic heterocycles. The molecule has 1 saturated carbocycles. The molecule has 8 nitrogen and oxygen atoms in total. The lowest BCUT2D eigenvalue weighted by Crippen LogP contribution is -2.40. The van der Waals surface area contributed by atoms with E-state index in [1.165, 1.54) is 4.90 Å². The van der Waals surface area contributed by atoms with Crippen LogP contribution in [0.1, 0.15) is 61.0 Å². The summed E-state index contributed by atoms with van der Waals surface area (Å²) < 4.78 is 19.7. The van der Waals surface area contributed by atoms with E-state index in [4.69, 9.17) is 4.74 Å². The molecule has 0 aromatic carbocycles. The lowest BCUT2D eigenvalue weighted by Gasteiger charge is -2.34. The van der Waals surface area contributed by atoms with Gasteiger partial charge in [0.15, 0.2) is 11.6 Å². The van der Waals surface area contributed by atoms with Crippen LogP contribution in [0.15, 0.2) is 12.3 Å². The first kappa shape index (κ1) is 25.4. The first-order valence-electron chi connectivity index (χ1n) is 11.0. The Bertz CT molecular complexity index is 1110. The van der Waals surface area contributed by atoms with Crippen LogP contribution in [-0.4, -0.2) is 53.7 Å². The van der Waals surface area contributed by atoms with E-state index in [0.717, 1.165) is 17.5 Å². The predicted octanol–water partition coefficient (Wildman–Crippen LogP) is 4.19. The van der Waals surface area contributed by atoms with Crippen molar-refractivity contribution in [2.24, 2.45) is 5.41 Å². The van der Waals surface area contributed by atoms with Crippen molar-refractivity contribution in [3.63, 3.8) is 0 Å². The number of carboxylic acids is 1. The van der Waals surface area contributed by atoms with Gasteiger partial charge in [0.1, 0.15) is 11.0 Å². The highest BCUT2D eigenvalue weighted by atomic mass is 32.1. The quantitative estimate of drug-likeness (QED) is 0.461. The van der Waals surface area contributed by atoms with Crippen LogP contribution >= 0.6 is 11.3 Å². The average molecular weight is 489 g/mol. The van der Waals surface area contributed by atoms with Gasteiger partial charge in [0, 0.05) is 25.6 Å². The molecular weight excluding hydrogens is 459 g/mol. The Kier molecular flexibility index (Phi) is 7.77. The molecular formula is C24H29FN4O4S. The molecule has 2 aromatic rings. The molecule has 10 heteroatoms. The Hall–Kier alpha value is -3.19. The molecule has 1 amide bonds. The third kappa shape index (κ3) is 6.23. The van der Waals surface area contributed by atoms with Gasteiger partial charge < -0.3 is 19.6 Å². The first-order chi connectivity index (χ1) is 16.0. The maximum atomic E-state index is 13.8. The van der Waals surface area contributed by atoms with Gasteiger partial charge in [-0.25, -0.2) is 14.2 Å². The SMILES string of the molecule is CN(C)c1nc(OC2CCC(N(C=O)c3cc(C#CC(C)(C)C)sc3C(=O)O)CC2)ncc1F. The van der Waals surface area contributed by atoms with E-state index < -0.39 is 11.8 Å². The van der Waals surface area contributed by atoms with Crippen molar-refractivity contribution >= 4 is 35.2 Å². The van der Waals surface area contributed by atoms with Gasteiger partial charge in [-0.1, -0.05) is 11.8 Å². The van der Waals surface area contributed by atoms with Gasteiger partial charge >= 0.3 is 12.0 Å². The molecule has 0 bridgehead atoms. The van der Waals surface area contributed by atoms with Crippen LogP contribution in [0.3, 0.4) is 0 Å². The minimum absolute atomic E-state index is 0.0969. The highest BCUT2D eigenvalue weighted by Gasteiger charge is 2.31. The molecule has 0 spiro atoms. The summed E-state index contributed by atoms with van der Waals surface area (Å²) in [6.45, 7) is 5.93. The van der Waals surface area contributed by atoms with Crippen molar-refractivity contribution in [3.8, 4) is 17.9 Å². The summed E-state index contributed by atoms with van der Waals surface area (Å²) >= 11 is 1.07. The summed E-state index contributed by atoms with van der Waals surface area (Å²) in [6, 6.07) is 1.62. The number of rotatable bonds is 7. The van der Waals surface area contributed by atoms with Gasteiger partial charge in [-0.15, -0.1) is 11.3 Å². The number of hydrogen-bond acceptors (Lipinski definition) is 7. The minimum Gasteiger partial charge on any atom is -0.477 e. The Morgan fingerprint density at radius 2 is 1.97 bits per heavy atom. The van der Waals surface area contributed by atoms with Crippen molar-refractivity contribution in [1.29, 1.82) is 0 Å². The number of thiophene rings is 1. The second-order valence-corrected chi connectivity index (χ2v) is 10.5. The molecule has 1 N–H and O–H groups in total. The molecule has 2 heterocycles. The zero-order chi connectivity index (χ0) is 25.0. The molecule has 1 fully saturated rings. The van der Waals surface area contributed by atoms with E-state index in [2.05, 4.69) is 21.8 Å². The Morgan fingerprint density at radius 3 is 2.53 bits per heavy atom. The van der Waals surface area contributed by atoms with Crippen LogP contribution in [0.25, 0.3) is 0 Å².